The van der Waals surface area contributed by atoms with Gasteiger partial charge in [0.05, 0.1) is 10.7 Å². The van der Waals surface area contributed by atoms with Crippen LogP contribution in [0.1, 0.15) is 31.0 Å². The lowest BCUT2D eigenvalue weighted by molar-refractivity contribution is -0.116. The molecular weight excluding hydrogens is 170 g/mol. The summed E-state index contributed by atoms with van der Waals surface area (Å²) >= 11 is 1.65. The van der Waals surface area contributed by atoms with Crippen LogP contribution in [0.25, 0.3) is 0 Å². The molecule has 0 aromatic carbocycles. The minimum Gasteiger partial charge on any atom is -0.300 e. The number of Topliss-reactive ketones (excluding diaryl/α,β-unsaturated/α-hetero) is 1. The van der Waals surface area contributed by atoms with Crippen molar-refractivity contribution in [2.24, 2.45) is 0 Å². The summed E-state index contributed by atoms with van der Waals surface area (Å²) in [7, 11) is 0. The molecule has 0 aliphatic rings. The number of aromatic nitrogens is 1. The summed E-state index contributed by atoms with van der Waals surface area (Å²) < 4.78 is 0. The summed E-state index contributed by atoms with van der Waals surface area (Å²) in [4.78, 5) is 15.1. The van der Waals surface area contributed by atoms with Crippen LogP contribution in [0, 0.1) is 0 Å². The number of carbonyl (C=O) groups is 1. The molecule has 12 heavy (non-hydrogen) atoms. The zero-order valence-corrected chi connectivity index (χ0v) is 8.28. The molecule has 0 atom stereocenters. The molecule has 1 aromatic heterocycles. The lowest BCUT2D eigenvalue weighted by Gasteiger charge is -1.89. The van der Waals surface area contributed by atoms with Crippen molar-refractivity contribution in [2.45, 2.75) is 33.1 Å². The van der Waals surface area contributed by atoms with E-state index in [0.29, 0.717) is 6.42 Å². The predicted molar refractivity (Wildman–Crippen MR) is 50.5 cm³/mol. The van der Waals surface area contributed by atoms with Crippen LogP contribution in [0.4, 0.5) is 0 Å². The molecule has 1 rings (SSSR count). The van der Waals surface area contributed by atoms with E-state index >= 15 is 0 Å². The number of hydrogen-bond donors (Lipinski definition) is 0. The van der Waals surface area contributed by atoms with Gasteiger partial charge in [0.1, 0.15) is 5.78 Å². The lowest BCUT2D eigenvalue weighted by Crippen LogP contribution is -1.96. The Bertz CT molecular complexity index is 267. The van der Waals surface area contributed by atoms with Crippen LogP contribution in [0.3, 0.4) is 0 Å². The average molecular weight is 183 g/mol. The molecular formula is C9H13NOS. The average Bonchev–Trinajstić information content (AvgIpc) is 2.36. The van der Waals surface area contributed by atoms with Gasteiger partial charge in [-0.2, -0.15) is 0 Å². The summed E-state index contributed by atoms with van der Waals surface area (Å²) in [5, 5.41) is 3.13. The van der Waals surface area contributed by atoms with E-state index in [4.69, 9.17) is 0 Å². The SMILES string of the molecule is CCCc1nc(CC(C)=O)cs1. The first-order valence-electron chi connectivity index (χ1n) is 4.15. The molecule has 1 heterocycles. The van der Waals surface area contributed by atoms with E-state index in [0.717, 1.165) is 23.5 Å². The molecule has 1 aromatic rings. The van der Waals surface area contributed by atoms with Gasteiger partial charge in [-0.3, -0.25) is 4.79 Å². The van der Waals surface area contributed by atoms with Crippen LogP contribution in [0.15, 0.2) is 5.38 Å². The van der Waals surface area contributed by atoms with Crippen LogP contribution in [-0.2, 0) is 17.6 Å². The van der Waals surface area contributed by atoms with E-state index in [1.165, 1.54) is 0 Å². The third-order valence-electron chi connectivity index (χ3n) is 1.49. The standard InChI is InChI=1S/C9H13NOS/c1-3-4-9-10-8(6-12-9)5-7(2)11/h6H,3-5H2,1-2H3. The second-order valence-corrected chi connectivity index (χ2v) is 3.80. The fourth-order valence-electron chi connectivity index (χ4n) is 1.01. The Morgan fingerprint density at radius 1 is 1.67 bits per heavy atom. The molecule has 0 bridgehead atoms. The molecule has 2 nitrogen and oxygen atoms in total. The fourth-order valence-corrected chi connectivity index (χ4v) is 1.91. The zero-order chi connectivity index (χ0) is 8.97. The molecule has 0 amide bonds. The van der Waals surface area contributed by atoms with Crippen LogP contribution < -0.4 is 0 Å². The van der Waals surface area contributed by atoms with Gasteiger partial charge in [0.25, 0.3) is 0 Å². The zero-order valence-electron chi connectivity index (χ0n) is 7.46. The maximum atomic E-state index is 10.7. The van der Waals surface area contributed by atoms with E-state index in [1.807, 2.05) is 5.38 Å². The minimum atomic E-state index is 0.184. The van der Waals surface area contributed by atoms with E-state index in [1.54, 1.807) is 18.3 Å². The molecule has 3 heteroatoms. The summed E-state index contributed by atoms with van der Waals surface area (Å²) in [6, 6.07) is 0. The normalized spacial score (nSPS) is 10.2. The van der Waals surface area contributed by atoms with Crippen LogP contribution in [-0.4, -0.2) is 10.8 Å². The van der Waals surface area contributed by atoms with Crippen LogP contribution in [0.2, 0.25) is 0 Å². The number of hydrogen-bond acceptors (Lipinski definition) is 3. The first kappa shape index (κ1) is 9.39. The molecule has 0 N–H and O–H groups in total. The highest BCUT2D eigenvalue weighted by Gasteiger charge is 2.02. The number of carbonyl (C=O) groups excluding carboxylic acids is 1. The van der Waals surface area contributed by atoms with Gasteiger partial charge >= 0.3 is 0 Å². The third kappa shape index (κ3) is 2.74. The number of nitrogens with zero attached hydrogens (tertiary/aromatic N) is 1. The summed E-state index contributed by atoms with van der Waals surface area (Å²) in [5.74, 6) is 0.184. The lowest BCUT2D eigenvalue weighted by atomic mass is 10.2. The Labute approximate surface area is 76.6 Å². The Balaban J connectivity index is 2.58. The topological polar surface area (TPSA) is 30.0 Å². The van der Waals surface area contributed by atoms with Crippen molar-refractivity contribution in [1.29, 1.82) is 0 Å². The summed E-state index contributed by atoms with van der Waals surface area (Å²) in [5.41, 5.74) is 0.927. The summed E-state index contributed by atoms with van der Waals surface area (Å²) in [6.45, 7) is 3.73. The van der Waals surface area contributed by atoms with Crippen molar-refractivity contribution in [2.75, 3.05) is 0 Å². The molecule has 0 radical (unpaired) electrons. The van der Waals surface area contributed by atoms with Crippen molar-refractivity contribution in [3.8, 4) is 0 Å². The molecule has 0 saturated carbocycles. The van der Waals surface area contributed by atoms with E-state index in [2.05, 4.69) is 11.9 Å². The van der Waals surface area contributed by atoms with Gasteiger partial charge in [-0.15, -0.1) is 11.3 Å². The molecule has 0 saturated heterocycles. The molecule has 0 spiro atoms. The Morgan fingerprint density at radius 2 is 2.42 bits per heavy atom. The third-order valence-corrected chi connectivity index (χ3v) is 2.45. The van der Waals surface area contributed by atoms with Crippen molar-refractivity contribution in [3.05, 3.63) is 16.1 Å². The highest BCUT2D eigenvalue weighted by Crippen LogP contribution is 2.12. The largest absolute Gasteiger partial charge is 0.300 e. The van der Waals surface area contributed by atoms with E-state index in [-0.39, 0.29) is 5.78 Å². The highest BCUT2D eigenvalue weighted by molar-refractivity contribution is 7.09. The molecule has 0 aliphatic carbocycles. The highest BCUT2D eigenvalue weighted by atomic mass is 32.1. The van der Waals surface area contributed by atoms with E-state index in [9.17, 15) is 4.79 Å². The second kappa shape index (κ2) is 4.36. The van der Waals surface area contributed by atoms with Crippen molar-refractivity contribution in [1.82, 2.24) is 4.98 Å². The van der Waals surface area contributed by atoms with Crippen molar-refractivity contribution >= 4 is 17.1 Å². The van der Waals surface area contributed by atoms with Crippen LogP contribution >= 0.6 is 11.3 Å². The molecule has 0 unspecified atom stereocenters. The maximum Gasteiger partial charge on any atom is 0.135 e. The molecule has 66 valence electrons. The number of thiazole rings is 1. The minimum absolute atomic E-state index is 0.184. The number of ketones is 1. The number of aryl methyl sites for hydroxylation is 1. The van der Waals surface area contributed by atoms with Gasteiger partial charge in [0, 0.05) is 11.8 Å². The van der Waals surface area contributed by atoms with Gasteiger partial charge < -0.3 is 0 Å². The fraction of sp³-hybridized carbons (Fsp3) is 0.556. The predicted octanol–water partition coefficient (Wildman–Crippen LogP) is 2.23. The Morgan fingerprint density at radius 3 is 3.00 bits per heavy atom. The first-order chi connectivity index (χ1) is 5.72. The maximum absolute atomic E-state index is 10.7. The molecule has 0 aliphatic heterocycles. The quantitative estimate of drug-likeness (QED) is 0.716. The first-order valence-corrected chi connectivity index (χ1v) is 5.03. The smallest absolute Gasteiger partial charge is 0.135 e. The molecule has 0 fully saturated rings. The van der Waals surface area contributed by atoms with Crippen LogP contribution in [0.5, 0.6) is 0 Å². The monoisotopic (exact) mass is 183 g/mol. The van der Waals surface area contributed by atoms with Gasteiger partial charge in [-0.25, -0.2) is 4.98 Å². The van der Waals surface area contributed by atoms with Crippen molar-refractivity contribution in [3.63, 3.8) is 0 Å². The summed E-state index contributed by atoms with van der Waals surface area (Å²) in [6.07, 6.45) is 2.63. The van der Waals surface area contributed by atoms with Gasteiger partial charge in [0.15, 0.2) is 0 Å². The van der Waals surface area contributed by atoms with Gasteiger partial charge in [-0.05, 0) is 19.8 Å². The Kier molecular flexibility index (Phi) is 3.41. The Hall–Kier alpha value is -0.700. The van der Waals surface area contributed by atoms with Gasteiger partial charge in [-0.1, -0.05) is 6.92 Å². The van der Waals surface area contributed by atoms with Gasteiger partial charge in [0.2, 0.25) is 0 Å². The number of rotatable bonds is 4. The second-order valence-electron chi connectivity index (χ2n) is 2.86. The van der Waals surface area contributed by atoms with Crippen molar-refractivity contribution < 1.29 is 4.79 Å². The van der Waals surface area contributed by atoms with E-state index < -0.39 is 0 Å².